The first-order chi connectivity index (χ1) is 9.30. The standard InChI is InChI=1S/C13H18N4O2S/c1-16(2)13-11(20(3,18)19)12(14)17(15-13)9-10-7-5-4-6-8-10/h4-8H,9,14H2,1-3H3. The van der Waals surface area contributed by atoms with Crippen LogP contribution >= 0.6 is 0 Å². The van der Waals surface area contributed by atoms with Crippen molar-refractivity contribution in [2.75, 3.05) is 31.0 Å². The first-order valence-corrected chi connectivity index (χ1v) is 7.97. The molecule has 0 aliphatic carbocycles. The van der Waals surface area contributed by atoms with Crippen LogP contribution < -0.4 is 10.6 Å². The molecule has 1 aromatic heterocycles. The van der Waals surface area contributed by atoms with Crippen LogP contribution in [0.25, 0.3) is 0 Å². The van der Waals surface area contributed by atoms with Crippen LogP contribution in [0.1, 0.15) is 5.56 Å². The van der Waals surface area contributed by atoms with Gasteiger partial charge in [0.1, 0.15) is 5.82 Å². The highest BCUT2D eigenvalue weighted by Crippen LogP contribution is 2.29. The Labute approximate surface area is 118 Å². The zero-order chi connectivity index (χ0) is 14.9. The van der Waals surface area contributed by atoms with Crippen molar-refractivity contribution in [2.24, 2.45) is 0 Å². The lowest BCUT2D eigenvalue weighted by Crippen LogP contribution is -2.13. The Morgan fingerprint density at radius 3 is 2.30 bits per heavy atom. The van der Waals surface area contributed by atoms with Gasteiger partial charge in [-0.2, -0.15) is 5.10 Å². The predicted octanol–water partition coefficient (Wildman–Crippen LogP) is 0.983. The molecule has 0 aliphatic rings. The van der Waals surface area contributed by atoms with Crippen molar-refractivity contribution in [3.63, 3.8) is 0 Å². The molecule has 0 aliphatic heterocycles. The largest absolute Gasteiger partial charge is 0.383 e. The molecule has 0 amide bonds. The van der Waals surface area contributed by atoms with Crippen molar-refractivity contribution in [3.8, 4) is 0 Å². The van der Waals surface area contributed by atoms with Gasteiger partial charge in [0.05, 0.1) is 6.54 Å². The Kier molecular flexibility index (Phi) is 3.71. The summed E-state index contributed by atoms with van der Waals surface area (Å²) in [5.41, 5.74) is 6.98. The molecule has 2 aromatic rings. The summed E-state index contributed by atoms with van der Waals surface area (Å²) >= 11 is 0. The van der Waals surface area contributed by atoms with Gasteiger partial charge in [-0.15, -0.1) is 0 Å². The maximum absolute atomic E-state index is 11.9. The van der Waals surface area contributed by atoms with E-state index >= 15 is 0 Å². The quantitative estimate of drug-likeness (QED) is 0.909. The van der Waals surface area contributed by atoms with E-state index in [9.17, 15) is 8.42 Å². The summed E-state index contributed by atoms with van der Waals surface area (Å²) in [5.74, 6) is 0.529. The number of benzene rings is 1. The van der Waals surface area contributed by atoms with Crippen LogP contribution in [0.3, 0.4) is 0 Å². The Morgan fingerprint density at radius 2 is 1.85 bits per heavy atom. The molecule has 20 heavy (non-hydrogen) atoms. The smallest absolute Gasteiger partial charge is 0.182 e. The molecule has 108 valence electrons. The molecule has 0 saturated heterocycles. The van der Waals surface area contributed by atoms with E-state index in [-0.39, 0.29) is 10.7 Å². The van der Waals surface area contributed by atoms with Crippen LogP contribution in [-0.2, 0) is 16.4 Å². The van der Waals surface area contributed by atoms with Crippen molar-refractivity contribution >= 4 is 21.5 Å². The molecule has 1 aromatic carbocycles. The number of nitrogens with zero attached hydrogens (tertiary/aromatic N) is 3. The average Bonchev–Trinajstić information content (AvgIpc) is 2.68. The summed E-state index contributed by atoms with van der Waals surface area (Å²) in [6.45, 7) is 0.434. The molecule has 7 heteroatoms. The Bertz CT molecular complexity index is 705. The number of nitrogen functional groups attached to an aromatic ring is 1. The molecule has 0 spiro atoms. The van der Waals surface area contributed by atoms with E-state index in [0.717, 1.165) is 11.8 Å². The van der Waals surface area contributed by atoms with Gasteiger partial charge in [-0.3, -0.25) is 0 Å². The van der Waals surface area contributed by atoms with Gasteiger partial charge in [-0.05, 0) is 5.56 Å². The van der Waals surface area contributed by atoms with E-state index < -0.39 is 9.84 Å². The van der Waals surface area contributed by atoms with Gasteiger partial charge in [0.25, 0.3) is 0 Å². The number of sulfone groups is 1. The number of rotatable bonds is 4. The zero-order valence-electron chi connectivity index (χ0n) is 11.7. The van der Waals surface area contributed by atoms with Crippen LogP contribution in [0.2, 0.25) is 0 Å². The van der Waals surface area contributed by atoms with Gasteiger partial charge in [0.2, 0.25) is 0 Å². The summed E-state index contributed by atoms with van der Waals surface area (Å²) in [4.78, 5) is 1.73. The third kappa shape index (κ3) is 2.77. The van der Waals surface area contributed by atoms with E-state index in [1.165, 1.54) is 4.68 Å². The first kappa shape index (κ1) is 14.4. The molecule has 0 saturated carbocycles. The molecule has 0 atom stereocenters. The SMILES string of the molecule is CN(C)c1nn(Cc2ccccc2)c(N)c1S(C)(=O)=O. The van der Waals surface area contributed by atoms with Gasteiger partial charge in [-0.25, -0.2) is 13.1 Å². The summed E-state index contributed by atoms with van der Waals surface area (Å²) in [7, 11) is 0.0482. The van der Waals surface area contributed by atoms with Gasteiger partial charge in [0, 0.05) is 20.4 Å². The van der Waals surface area contributed by atoms with Crippen LogP contribution in [0.15, 0.2) is 35.2 Å². The molecule has 2 rings (SSSR count). The van der Waals surface area contributed by atoms with E-state index in [0.29, 0.717) is 12.4 Å². The second-order valence-electron chi connectivity index (χ2n) is 4.85. The summed E-state index contributed by atoms with van der Waals surface area (Å²) in [5, 5.41) is 4.31. The maximum atomic E-state index is 11.9. The monoisotopic (exact) mass is 294 g/mol. The second-order valence-corrected chi connectivity index (χ2v) is 6.80. The van der Waals surface area contributed by atoms with Gasteiger partial charge in [0.15, 0.2) is 20.6 Å². The van der Waals surface area contributed by atoms with Crippen molar-refractivity contribution < 1.29 is 8.42 Å². The van der Waals surface area contributed by atoms with Gasteiger partial charge >= 0.3 is 0 Å². The molecule has 2 N–H and O–H groups in total. The minimum atomic E-state index is -3.43. The number of hydrogen-bond donors (Lipinski definition) is 1. The molecule has 1 heterocycles. The van der Waals surface area contributed by atoms with Crippen molar-refractivity contribution in [1.82, 2.24) is 9.78 Å². The normalized spacial score (nSPS) is 11.6. The van der Waals surface area contributed by atoms with E-state index in [2.05, 4.69) is 5.10 Å². The lowest BCUT2D eigenvalue weighted by atomic mass is 10.2. The molecule has 0 bridgehead atoms. The van der Waals surface area contributed by atoms with Crippen molar-refractivity contribution in [1.29, 1.82) is 0 Å². The van der Waals surface area contributed by atoms with E-state index in [1.807, 2.05) is 30.3 Å². The Balaban J connectivity index is 2.51. The third-order valence-corrected chi connectivity index (χ3v) is 4.03. The molecule has 0 fully saturated rings. The zero-order valence-corrected chi connectivity index (χ0v) is 12.6. The van der Waals surface area contributed by atoms with Crippen LogP contribution in [-0.4, -0.2) is 38.5 Å². The molecule has 6 nitrogen and oxygen atoms in total. The number of nitrogens with two attached hydrogens (primary N) is 1. The minimum absolute atomic E-state index is 0.0819. The van der Waals surface area contributed by atoms with Crippen LogP contribution in [0.5, 0.6) is 0 Å². The highest BCUT2D eigenvalue weighted by molar-refractivity contribution is 7.91. The number of aromatic nitrogens is 2. The van der Waals surface area contributed by atoms with Crippen molar-refractivity contribution in [3.05, 3.63) is 35.9 Å². The highest BCUT2D eigenvalue weighted by Gasteiger charge is 2.25. The fourth-order valence-electron chi connectivity index (χ4n) is 1.97. The van der Waals surface area contributed by atoms with Crippen molar-refractivity contribution in [2.45, 2.75) is 11.4 Å². The average molecular weight is 294 g/mol. The third-order valence-electron chi connectivity index (χ3n) is 2.90. The summed E-state index contributed by atoms with van der Waals surface area (Å²) < 4.78 is 25.3. The fourth-order valence-corrected chi connectivity index (χ4v) is 3.01. The van der Waals surface area contributed by atoms with Crippen LogP contribution in [0, 0.1) is 0 Å². The Hall–Kier alpha value is -2.02. The lowest BCUT2D eigenvalue weighted by molar-refractivity contribution is 0.602. The van der Waals surface area contributed by atoms with E-state index in [1.54, 1.807) is 19.0 Å². The molecule has 0 radical (unpaired) electrons. The number of anilines is 2. The van der Waals surface area contributed by atoms with Gasteiger partial charge in [-0.1, -0.05) is 30.3 Å². The van der Waals surface area contributed by atoms with Gasteiger partial charge < -0.3 is 10.6 Å². The highest BCUT2D eigenvalue weighted by atomic mass is 32.2. The topological polar surface area (TPSA) is 81.2 Å². The first-order valence-electron chi connectivity index (χ1n) is 6.08. The molecular weight excluding hydrogens is 276 g/mol. The predicted molar refractivity (Wildman–Crippen MR) is 79.6 cm³/mol. The fraction of sp³-hybridized carbons (Fsp3) is 0.308. The second kappa shape index (κ2) is 5.16. The maximum Gasteiger partial charge on any atom is 0.182 e. The molecular formula is C13H18N4O2S. The van der Waals surface area contributed by atoms with E-state index in [4.69, 9.17) is 5.73 Å². The summed E-state index contributed by atoms with van der Waals surface area (Å²) in [6.07, 6.45) is 1.14. The number of hydrogen-bond acceptors (Lipinski definition) is 5. The summed E-state index contributed by atoms with van der Waals surface area (Å²) in [6, 6.07) is 9.63. The Morgan fingerprint density at radius 1 is 1.25 bits per heavy atom. The van der Waals surface area contributed by atoms with Crippen LogP contribution in [0.4, 0.5) is 11.6 Å². The molecule has 0 unspecified atom stereocenters. The lowest BCUT2D eigenvalue weighted by Gasteiger charge is -2.09. The minimum Gasteiger partial charge on any atom is -0.383 e.